The van der Waals surface area contributed by atoms with Gasteiger partial charge < -0.3 is 5.32 Å². The molecule has 2 aromatic rings. The molecule has 0 atom stereocenters. The van der Waals surface area contributed by atoms with E-state index >= 15 is 0 Å². The molecule has 1 N–H and O–H groups in total. The van der Waals surface area contributed by atoms with Crippen LogP contribution in [0.2, 0.25) is 10.0 Å². The third kappa shape index (κ3) is 4.96. The van der Waals surface area contributed by atoms with Crippen LogP contribution in [0.5, 0.6) is 0 Å². The zero-order chi connectivity index (χ0) is 15.9. The number of nitriles is 1. The first-order chi connectivity index (χ1) is 10.6. The molecule has 2 rings (SSSR count). The Morgan fingerprint density at radius 2 is 2.00 bits per heavy atom. The molecule has 0 unspecified atom stereocenters. The summed E-state index contributed by atoms with van der Waals surface area (Å²) >= 11 is 13.3. The van der Waals surface area contributed by atoms with Crippen molar-refractivity contribution in [1.82, 2.24) is 0 Å². The average Bonchev–Trinajstić information content (AvgIpc) is 2.51. The molecule has 0 fully saturated rings. The summed E-state index contributed by atoms with van der Waals surface area (Å²) in [6.45, 7) is 0. The minimum Gasteiger partial charge on any atom is -0.325 e. The van der Waals surface area contributed by atoms with Crippen LogP contribution in [0.1, 0.15) is 11.1 Å². The standard InChI is InChI=1S/C16H12Cl2N2OS/c17-14-5-4-12(7-15(14)18)9-22-10-16(21)20-13-3-1-2-11(6-13)8-19/h1-7H,9-10H2,(H,20,21). The Kier molecular flexibility index (Phi) is 6.14. The predicted molar refractivity (Wildman–Crippen MR) is 92.4 cm³/mol. The Hall–Kier alpha value is -1.67. The van der Waals surface area contributed by atoms with Crippen molar-refractivity contribution >= 4 is 46.6 Å². The molecule has 6 heteroatoms. The van der Waals surface area contributed by atoms with Gasteiger partial charge in [-0.3, -0.25) is 4.79 Å². The first-order valence-corrected chi connectivity index (χ1v) is 8.31. The van der Waals surface area contributed by atoms with E-state index < -0.39 is 0 Å². The monoisotopic (exact) mass is 350 g/mol. The highest BCUT2D eigenvalue weighted by atomic mass is 35.5. The summed E-state index contributed by atoms with van der Waals surface area (Å²) in [7, 11) is 0. The lowest BCUT2D eigenvalue weighted by Gasteiger charge is -2.06. The number of rotatable bonds is 5. The molecule has 0 heterocycles. The number of nitrogens with zero attached hydrogens (tertiary/aromatic N) is 1. The zero-order valence-corrected chi connectivity index (χ0v) is 13.8. The SMILES string of the molecule is N#Cc1cccc(NC(=O)CSCc2ccc(Cl)c(Cl)c2)c1. The highest BCUT2D eigenvalue weighted by Gasteiger charge is 2.05. The molecule has 0 saturated heterocycles. The molecule has 3 nitrogen and oxygen atoms in total. The van der Waals surface area contributed by atoms with Crippen LogP contribution in [0, 0.1) is 11.3 Å². The highest BCUT2D eigenvalue weighted by Crippen LogP contribution is 2.24. The minimum atomic E-state index is -0.111. The fourth-order valence-corrected chi connectivity index (χ4v) is 2.85. The molecule has 112 valence electrons. The number of thioether (sulfide) groups is 1. The van der Waals surface area contributed by atoms with Crippen molar-refractivity contribution in [3.63, 3.8) is 0 Å². The Bertz CT molecular complexity index is 728. The van der Waals surface area contributed by atoms with Crippen LogP contribution in [0.25, 0.3) is 0 Å². The van der Waals surface area contributed by atoms with E-state index in [4.69, 9.17) is 28.5 Å². The number of amides is 1. The van der Waals surface area contributed by atoms with E-state index in [-0.39, 0.29) is 5.91 Å². The molecule has 0 radical (unpaired) electrons. The fraction of sp³-hybridized carbons (Fsp3) is 0.125. The molecule has 0 spiro atoms. The van der Waals surface area contributed by atoms with Crippen molar-refractivity contribution in [3.8, 4) is 6.07 Å². The number of hydrogen-bond donors (Lipinski definition) is 1. The van der Waals surface area contributed by atoms with Crippen molar-refractivity contribution in [1.29, 1.82) is 5.26 Å². The van der Waals surface area contributed by atoms with Gasteiger partial charge in [-0.25, -0.2) is 0 Å². The Morgan fingerprint density at radius 1 is 1.18 bits per heavy atom. The summed E-state index contributed by atoms with van der Waals surface area (Å²) in [6.07, 6.45) is 0. The number of carbonyl (C=O) groups excluding carboxylic acids is 1. The van der Waals surface area contributed by atoms with Crippen molar-refractivity contribution in [2.24, 2.45) is 0 Å². The summed E-state index contributed by atoms with van der Waals surface area (Å²) in [5, 5.41) is 12.6. The summed E-state index contributed by atoms with van der Waals surface area (Å²) < 4.78 is 0. The number of carbonyl (C=O) groups is 1. The molecule has 0 aliphatic rings. The molecule has 0 saturated carbocycles. The second-order valence-corrected chi connectivity index (χ2v) is 6.28. The number of halogens is 2. The summed E-state index contributed by atoms with van der Waals surface area (Å²) in [4.78, 5) is 11.9. The van der Waals surface area contributed by atoms with Crippen LogP contribution in [-0.2, 0) is 10.5 Å². The minimum absolute atomic E-state index is 0.111. The molecule has 0 aromatic heterocycles. The van der Waals surface area contributed by atoms with Gasteiger partial charge in [0.1, 0.15) is 0 Å². The van der Waals surface area contributed by atoms with Crippen molar-refractivity contribution < 1.29 is 4.79 Å². The third-order valence-corrected chi connectivity index (χ3v) is 4.50. The number of anilines is 1. The second kappa shape index (κ2) is 8.09. The van der Waals surface area contributed by atoms with Gasteiger partial charge in [-0.2, -0.15) is 5.26 Å². The Balaban J connectivity index is 1.82. The predicted octanol–water partition coefficient (Wildman–Crippen LogP) is 4.74. The van der Waals surface area contributed by atoms with E-state index in [0.29, 0.717) is 32.8 Å². The summed E-state index contributed by atoms with van der Waals surface area (Å²) in [5.41, 5.74) is 2.15. The Labute approximate surface area is 143 Å². The topological polar surface area (TPSA) is 52.9 Å². The average molecular weight is 351 g/mol. The van der Waals surface area contributed by atoms with Gasteiger partial charge in [0.2, 0.25) is 5.91 Å². The second-order valence-electron chi connectivity index (χ2n) is 4.48. The summed E-state index contributed by atoms with van der Waals surface area (Å²) in [5.74, 6) is 0.875. The van der Waals surface area contributed by atoms with E-state index in [9.17, 15) is 4.79 Å². The quantitative estimate of drug-likeness (QED) is 0.847. The van der Waals surface area contributed by atoms with Crippen molar-refractivity contribution in [2.75, 3.05) is 11.1 Å². The van der Waals surface area contributed by atoms with E-state index in [2.05, 4.69) is 5.32 Å². The number of nitrogens with one attached hydrogen (secondary N) is 1. The van der Waals surface area contributed by atoms with Gasteiger partial charge in [-0.15, -0.1) is 11.8 Å². The lowest BCUT2D eigenvalue weighted by Crippen LogP contribution is -2.14. The molecular weight excluding hydrogens is 339 g/mol. The summed E-state index contributed by atoms with van der Waals surface area (Å²) in [6, 6.07) is 14.3. The van der Waals surface area contributed by atoms with Crippen LogP contribution in [0.3, 0.4) is 0 Å². The van der Waals surface area contributed by atoms with Crippen molar-refractivity contribution in [3.05, 3.63) is 63.6 Å². The molecule has 1 amide bonds. The van der Waals surface area contributed by atoms with Gasteiger partial charge in [0.05, 0.1) is 27.4 Å². The van der Waals surface area contributed by atoms with E-state index in [1.807, 2.05) is 12.1 Å². The maximum atomic E-state index is 11.9. The van der Waals surface area contributed by atoms with Gasteiger partial charge in [0.25, 0.3) is 0 Å². The van der Waals surface area contributed by atoms with Crippen LogP contribution in [0.4, 0.5) is 5.69 Å². The first kappa shape index (κ1) is 16.7. The molecule has 0 bridgehead atoms. The molecule has 22 heavy (non-hydrogen) atoms. The van der Waals surface area contributed by atoms with Gasteiger partial charge in [-0.05, 0) is 35.9 Å². The van der Waals surface area contributed by atoms with Crippen LogP contribution in [-0.4, -0.2) is 11.7 Å². The van der Waals surface area contributed by atoms with E-state index in [1.54, 1.807) is 36.4 Å². The van der Waals surface area contributed by atoms with Crippen molar-refractivity contribution in [2.45, 2.75) is 5.75 Å². The lowest BCUT2D eigenvalue weighted by molar-refractivity contribution is -0.113. The van der Waals surface area contributed by atoms with Crippen LogP contribution >= 0.6 is 35.0 Å². The van der Waals surface area contributed by atoms with E-state index in [1.165, 1.54) is 11.8 Å². The third-order valence-electron chi connectivity index (χ3n) is 2.76. The van der Waals surface area contributed by atoms with Gasteiger partial charge >= 0.3 is 0 Å². The van der Waals surface area contributed by atoms with E-state index in [0.717, 1.165) is 5.56 Å². The number of benzene rings is 2. The smallest absolute Gasteiger partial charge is 0.234 e. The fourth-order valence-electron chi connectivity index (χ4n) is 1.75. The Morgan fingerprint density at radius 3 is 2.73 bits per heavy atom. The normalized spacial score (nSPS) is 10.0. The van der Waals surface area contributed by atoms with Gasteiger partial charge in [0, 0.05) is 11.4 Å². The molecule has 0 aliphatic heterocycles. The maximum Gasteiger partial charge on any atom is 0.234 e. The molecule has 2 aromatic carbocycles. The first-order valence-electron chi connectivity index (χ1n) is 6.40. The number of hydrogen-bond acceptors (Lipinski definition) is 3. The van der Waals surface area contributed by atoms with Crippen LogP contribution < -0.4 is 5.32 Å². The van der Waals surface area contributed by atoms with Gasteiger partial charge in [-0.1, -0.05) is 35.3 Å². The van der Waals surface area contributed by atoms with Crippen LogP contribution in [0.15, 0.2) is 42.5 Å². The highest BCUT2D eigenvalue weighted by molar-refractivity contribution is 7.99. The van der Waals surface area contributed by atoms with Gasteiger partial charge in [0.15, 0.2) is 0 Å². The maximum absolute atomic E-state index is 11.9. The zero-order valence-electron chi connectivity index (χ0n) is 11.5. The molecule has 0 aliphatic carbocycles. The lowest BCUT2D eigenvalue weighted by atomic mass is 10.2. The largest absolute Gasteiger partial charge is 0.325 e. The molecular formula is C16H12Cl2N2OS.